The highest BCUT2D eigenvalue weighted by Crippen LogP contribution is 2.24. The van der Waals surface area contributed by atoms with E-state index in [0.29, 0.717) is 13.1 Å². The van der Waals surface area contributed by atoms with Gasteiger partial charge in [-0.05, 0) is 23.8 Å². The highest BCUT2D eigenvalue weighted by Gasteiger charge is 2.11. The number of rotatable bonds is 8. The van der Waals surface area contributed by atoms with Crippen molar-refractivity contribution in [3.63, 3.8) is 0 Å². The van der Waals surface area contributed by atoms with Crippen LogP contribution in [0.5, 0.6) is 11.5 Å². The summed E-state index contributed by atoms with van der Waals surface area (Å²) in [6.07, 6.45) is 0.974. The van der Waals surface area contributed by atoms with Crippen molar-refractivity contribution >= 4 is 22.2 Å². The molecular formula is C18H20BrNO3. The lowest BCUT2D eigenvalue weighted by molar-refractivity contribution is -0.109. The zero-order chi connectivity index (χ0) is 16.7. The molecule has 0 bridgehead atoms. The van der Waals surface area contributed by atoms with Crippen LogP contribution in [-0.4, -0.2) is 27.1 Å². The molecule has 0 radical (unpaired) electrons. The summed E-state index contributed by atoms with van der Waals surface area (Å²) in [5, 5.41) is 3.31. The van der Waals surface area contributed by atoms with E-state index in [-0.39, 0.29) is 5.92 Å². The minimum Gasteiger partial charge on any atom is -0.497 e. The summed E-state index contributed by atoms with van der Waals surface area (Å²) in [5.74, 6) is 1.35. The summed E-state index contributed by atoms with van der Waals surface area (Å²) in [5.41, 5.74) is 2.02. The SMILES string of the molecule is COc1ccc(CNCC(C=O)c2ccc(Br)cc2)c(OC)c1. The van der Waals surface area contributed by atoms with Gasteiger partial charge in [-0.1, -0.05) is 34.1 Å². The number of hydrogen-bond donors (Lipinski definition) is 1. The van der Waals surface area contributed by atoms with Crippen LogP contribution in [0.2, 0.25) is 0 Å². The second kappa shape index (κ2) is 8.70. The molecule has 23 heavy (non-hydrogen) atoms. The Hall–Kier alpha value is -1.85. The Morgan fingerprint density at radius 3 is 2.48 bits per heavy atom. The van der Waals surface area contributed by atoms with Crippen molar-refractivity contribution in [2.45, 2.75) is 12.5 Å². The molecule has 0 amide bonds. The number of carbonyl (C=O) groups is 1. The Kier molecular flexibility index (Phi) is 6.62. The monoisotopic (exact) mass is 377 g/mol. The average molecular weight is 378 g/mol. The third kappa shape index (κ3) is 4.81. The maximum absolute atomic E-state index is 11.3. The van der Waals surface area contributed by atoms with Gasteiger partial charge in [-0.15, -0.1) is 0 Å². The molecule has 0 saturated carbocycles. The van der Waals surface area contributed by atoms with Gasteiger partial charge in [0.15, 0.2) is 0 Å². The van der Waals surface area contributed by atoms with E-state index in [1.165, 1.54) is 0 Å². The van der Waals surface area contributed by atoms with E-state index in [1.54, 1.807) is 14.2 Å². The van der Waals surface area contributed by atoms with Crippen molar-refractivity contribution in [1.82, 2.24) is 5.32 Å². The Morgan fingerprint density at radius 1 is 1.13 bits per heavy atom. The number of benzene rings is 2. The molecule has 2 rings (SSSR count). The van der Waals surface area contributed by atoms with Gasteiger partial charge < -0.3 is 19.6 Å². The van der Waals surface area contributed by atoms with Crippen LogP contribution < -0.4 is 14.8 Å². The van der Waals surface area contributed by atoms with Crippen molar-refractivity contribution in [3.8, 4) is 11.5 Å². The van der Waals surface area contributed by atoms with E-state index in [4.69, 9.17) is 9.47 Å². The van der Waals surface area contributed by atoms with Crippen molar-refractivity contribution in [2.24, 2.45) is 0 Å². The number of aldehydes is 1. The van der Waals surface area contributed by atoms with Gasteiger partial charge in [0.1, 0.15) is 17.8 Å². The second-order valence-corrected chi connectivity index (χ2v) is 6.02. The van der Waals surface area contributed by atoms with E-state index in [2.05, 4.69) is 21.2 Å². The third-order valence-corrected chi connectivity index (χ3v) is 4.17. The maximum atomic E-state index is 11.3. The number of ether oxygens (including phenoxy) is 2. The van der Waals surface area contributed by atoms with Crippen molar-refractivity contribution in [3.05, 3.63) is 58.1 Å². The predicted molar refractivity (Wildman–Crippen MR) is 94.2 cm³/mol. The fourth-order valence-electron chi connectivity index (χ4n) is 2.31. The fraction of sp³-hybridized carbons (Fsp3) is 0.278. The Labute approximate surface area is 144 Å². The van der Waals surface area contributed by atoms with Gasteiger partial charge in [-0.25, -0.2) is 0 Å². The van der Waals surface area contributed by atoms with E-state index in [9.17, 15) is 4.79 Å². The molecule has 0 aliphatic carbocycles. The largest absolute Gasteiger partial charge is 0.497 e. The normalized spacial score (nSPS) is 11.8. The lowest BCUT2D eigenvalue weighted by Gasteiger charge is -2.14. The van der Waals surface area contributed by atoms with Crippen molar-refractivity contribution in [2.75, 3.05) is 20.8 Å². The topological polar surface area (TPSA) is 47.6 Å². The van der Waals surface area contributed by atoms with Gasteiger partial charge in [0.2, 0.25) is 0 Å². The molecule has 1 atom stereocenters. The molecule has 2 aromatic rings. The van der Waals surface area contributed by atoms with Gasteiger partial charge in [-0.2, -0.15) is 0 Å². The molecule has 5 heteroatoms. The number of nitrogens with one attached hydrogen (secondary N) is 1. The first kappa shape index (κ1) is 17.5. The molecule has 0 aromatic heterocycles. The van der Waals surface area contributed by atoms with Crippen LogP contribution in [0, 0.1) is 0 Å². The maximum Gasteiger partial charge on any atom is 0.128 e. The molecule has 0 fully saturated rings. The fourth-order valence-corrected chi connectivity index (χ4v) is 2.58. The van der Waals surface area contributed by atoms with E-state index >= 15 is 0 Å². The molecule has 4 nitrogen and oxygen atoms in total. The summed E-state index contributed by atoms with van der Waals surface area (Å²) in [6.45, 7) is 1.19. The first-order chi connectivity index (χ1) is 11.2. The van der Waals surface area contributed by atoms with Crippen molar-refractivity contribution in [1.29, 1.82) is 0 Å². The minimum absolute atomic E-state index is 0.174. The van der Waals surface area contributed by atoms with E-state index in [0.717, 1.165) is 33.4 Å². The summed E-state index contributed by atoms with van der Waals surface area (Å²) >= 11 is 3.40. The van der Waals surface area contributed by atoms with E-state index in [1.807, 2.05) is 42.5 Å². The van der Waals surface area contributed by atoms with Gasteiger partial charge in [0.25, 0.3) is 0 Å². The lowest BCUT2D eigenvalue weighted by Crippen LogP contribution is -2.22. The van der Waals surface area contributed by atoms with Crippen LogP contribution in [0.15, 0.2) is 46.9 Å². The first-order valence-electron chi connectivity index (χ1n) is 7.30. The average Bonchev–Trinajstić information content (AvgIpc) is 2.59. The van der Waals surface area contributed by atoms with Crippen LogP contribution in [-0.2, 0) is 11.3 Å². The molecular weight excluding hydrogens is 358 g/mol. The van der Waals surface area contributed by atoms with E-state index < -0.39 is 0 Å². The van der Waals surface area contributed by atoms with Gasteiger partial charge in [-0.3, -0.25) is 0 Å². The molecule has 0 spiro atoms. The van der Waals surface area contributed by atoms with Crippen LogP contribution >= 0.6 is 15.9 Å². The Morgan fingerprint density at radius 2 is 1.87 bits per heavy atom. The van der Waals surface area contributed by atoms with Crippen LogP contribution in [0.1, 0.15) is 17.0 Å². The molecule has 0 aliphatic heterocycles. The molecule has 1 N–H and O–H groups in total. The minimum atomic E-state index is -0.174. The Bertz CT molecular complexity index is 643. The quantitative estimate of drug-likeness (QED) is 0.714. The highest BCUT2D eigenvalue weighted by atomic mass is 79.9. The number of carbonyl (C=O) groups excluding carboxylic acids is 1. The summed E-state index contributed by atoms with van der Waals surface area (Å²) < 4.78 is 11.6. The van der Waals surface area contributed by atoms with Gasteiger partial charge in [0.05, 0.1) is 20.1 Å². The molecule has 1 unspecified atom stereocenters. The lowest BCUT2D eigenvalue weighted by atomic mass is 10.0. The molecule has 0 saturated heterocycles. The molecule has 0 heterocycles. The third-order valence-electron chi connectivity index (χ3n) is 3.64. The Balaban J connectivity index is 1.97. The highest BCUT2D eigenvalue weighted by molar-refractivity contribution is 9.10. The molecule has 0 aliphatic rings. The molecule has 122 valence electrons. The van der Waals surface area contributed by atoms with Gasteiger partial charge >= 0.3 is 0 Å². The number of halogens is 1. The summed E-state index contributed by atoms with van der Waals surface area (Å²) in [6, 6.07) is 13.5. The zero-order valence-electron chi connectivity index (χ0n) is 13.2. The van der Waals surface area contributed by atoms with Crippen LogP contribution in [0.3, 0.4) is 0 Å². The number of methoxy groups -OCH3 is 2. The first-order valence-corrected chi connectivity index (χ1v) is 8.09. The predicted octanol–water partition coefficient (Wildman–Crippen LogP) is 3.54. The second-order valence-electron chi connectivity index (χ2n) is 5.10. The van der Waals surface area contributed by atoms with Gasteiger partial charge in [0, 0.05) is 29.2 Å². The van der Waals surface area contributed by atoms with Crippen LogP contribution in [0.4, 0.5) is 0 Å². The standard InChI is InChI=1S/C18H20BrNO3/c1-22-17-8-5-14(18(9-17)23-2)10-20-11-15(12-21)13-3-6-16(19)7-4-13/h3-9,12,15,20H,10-11H2,1-2H3. The van der Waals surface area contributed by atoms with Crippen LogP contribution in [0.25, 0.3) is 0 Å². The zero-order valence-corrected chi connectivity index (χ0v) is 14.8. The van der Waals surface area contributed by atoms with Crippen molar-refractivity contribution < 1.29 is 14.3 Å². The molecule has 2 aromatic carbocycles. The summed E-state index contributed by atoms with van der Waals surface area (Å²) in [7, 11) is 3.26. The number of hydrogen-bond acceptors (Lipinski definition) is 4. The smallest absolute Gasteiger partial charge is 0.128 e. The summed E-state index contributed by atoms with van der Waals surface area (Å²) in [4.78, 5) is 11.3.